The van der Waals surface area contributed by atoms with Crippen molar-refractivity contribution >= 4 is 16.7 Å². The Morgan fingerprint density at radius 2 is 1.53 bits per heavy atom. The first-order valence-electron chi connectivity index (χ1n) is 19.8. The number of allylic oxidation sites excluding steroid dienone is 24. The molecule has 1 unspecified atom stereocenters. The Hall–Kier alpha value is -4.59. The van der Waals surface area contributed by atoms with Crippen molar-refractivity contribution in [2.45, 2.75) is 92.9 Å². The summed E-state index contributed by atoms with van der Waals surface area (Å²) in [6.07, 6.45) is 43.6. The molecule has 1 heterocycles. The van der Waals surface area contributed by atoms with Gasteiger partial charge in [0.2, 0.25) is 0 Å². The molecule has 2 aromatic carbocycles. The predicted molar refractivity (Wildman–Crippen MR) is 239 cm³/mol. The number of rotatable bonds is 9. The molecule has 0 nitrogen and oxygen atoms in total. The zero-order chi connectivity index (χ0) is 37.8. The number of hydrogen-bond donors (Lipinski definition) is 0. The lowest BCUT2D eigenvalue weighted by molar-refractivity contribution is 0.777. The second-order valence-electron chi connectivity index (χ2n) is 13.2. The first-order chi connectivity index (χ1) is 26.0. The zero-order valence-corrected chi connectivity index (χ0v) is 34.1. The second kappa shape index (κ2) is 22.5. The van der Waals surface area contributed by atoms with E-state index in [0.29, 0.717) is 5.92 Å². The fourth-order valence-corrected chi connectivity index (χ4v) is 7.78. The summed E-state index contributed by atoms with van der Waals surface area (Å²) in [5.74, 6) is 0.312. The van der Waals surface area contributed by atoms with Crippen LogP contribution in [0.3, 0.4) is 0 Å². The monoisotopic (exact) mass is 716 g/mol. The summed E-state index contributed by atoms with van der Waals surface area (Å²) in [6, 6.07) is 21.6. The summed E-state index contributed by atoms with van der Waals surface area (Å²) in [4.78, 5) is 2.64. The summed E-state index contributed by atoms with van der Waals surface area (Å²) in [5.41, 5.74) is 13.3. The molecule has 0 fully saturated rings. The minimum Gasteiger partial charge on any atom is -0.0888 e. The van der Waals surface area contributed by atoms with Crippen LogP contribution < -0.4 is 0 Å². The molecule has 0 saturated carbocycles. The average molecular weight is 717 g/mol. The third-order valence-electron chi connectivity index (χ3n) is 9.55. The van der Waals surface area contributed by atoms with Crippen LogP contribution in [-0.4, -0.2) is 0 Å². The lowest BCUT2D eigenvalue weighted by atomic mass is 9.87. The zero-order valence-electron chi connectivity index (χ0n) is 33.2. The van der Waals surface area contributed by atoms with Gasteiger partial charge in [0, 0.05) is 9.81 Å². The van der Waals surface area contributed by atoms with Gasteiger partial charge in [-0.3, -0.25) is 0 Å². The highest BCUT2D eigenvalue weighted by atomic mass is 32.2. The van der Waals surface area contributed by atoms with E-state index in [0.717, 1.165) is 32.1 Å². The Morgan fingerprint density at radius 3 is 2.26 bits per heavy atom. The molecule has 0 bridgehead atoms. The Morgan fingerprint density at radius 1 is 0.792 bits per heavy atom. The van der Waals surface area contributed by atoms with Crippen LogP contribution in [0.15, 0.2) is 207 Å². The predicted octanol–water partition coefficient (Wildman–Crippen LogP) is 16.0. The maximum absolute atomic E-state index is 2.41. The van der Waals surface area contributed by atoms with Crippen molar-refractivity contribution < 1.29 is 0 Å². The molecule has 3 aliphatic carbocycles. The van der Waals surface area contributed by atoms with Crippen molar-refractivity contribution in [2.75, 3.05) is 0 Å². The van der Waals surface area contributed by atoms with Gasteiger partial charge in [-0.2, -0.15) is 0 Å². The van der Waals surface area contributed by atoms with Gasteiger partial charge in [-0.15, -0.1) is 0 Å². The van der Waals surface area contributed by atoms with E-state index >= 15 is 0 Å². The van der Waals surface area contributed by atoms with Gasteiger partial charge in [0.25, 0.3) is 0 Å². The third kappa shape index (κ3) is 12.5. The number of benzene rings is 2. The van der Waals surface area contributed by atoms with Crippen molar-refractivity contribution in [3.63, 3.8) is 0 Å². The molecule has 6 rings (SSSR count). The quantitative estimate of drug-likeness (QED) is 0.233. The van der Waals surface area contributed by atoms with Crippen LogP contribution in [0, 0.1) is 0 Å². The van der Waals surface area contributed by atoms with Gasteiger partial charge in [-0.1, -0.05) is 192 Å². The van der Waals surface area contributed by atoms with Crippen LogP contribution in [0.25, 0.3) is 4.91 Å². The fourth-order valence-electron chi connectivity index (χ4n) is 6.63. The van der Waals surface area contributed by atoms with Crippen LogP contribution in [0.1, 0.15) is 104 Å². The molecule has 0 saturated heterocycles. The highest BCUT2D eigenvalue weighted by molar-refractivity contribution is 8.12. The Balaban J connectivity index is 0.00000152. The van der Waals surface area contributed by atoms with Crippen LogP contribution in [0.2, 0.25) is 0 Å². The van der Waals surface area contributed by atoms with Crippen molar-refractivity contribution in [1.29, 1.82) is 0 Å². The van der Waals surface area contributed by atoms with E-state index < -0.39 is 0 Å². The molecular formula is C52H60S. The second-order valence-corrected chi connectivity index (χ2v) is 14.3. The Bertz CT molecular complexity index is 1920. The summed E-state index contributed by atoms with van der Waals surface area (Å²) >= 11 is 1.89. The van der Waals surface area contributed by atoms with Crippen LogP contribution in [-0.2, 0) is 0 Å². The molecule has 4 aliphatic rings. The van der Waals surface area contributed by atoms with E-state index in [4.69, 9.17) is 0 Å². The maximum Gasteiger partial charge on any atom is 0.0200 e. The number of hydrogen-bond acceptors (Lipinski definition) is 1. The van der Waals surface area contributed by atoms with E-state index in [2.05, 4.69) is 179 Å². The van der Waals surface area contributed by atoms with Crippen molar-refractivity contribution in [3.05, 3.63) is 218 Å². The topological polar surface area (TPSA) is 0 Å². The molecule has 0 spiro atoms. The molecule has 0 amide bonds. The third-order valence-corrected chi connectivity index (χ3v) is 10.7. The van der Waals surface area contributed by atoms with Gasteiger partial charge in [0.15, 0.2) is 0 Å². The van der Waals surface area contributed by atoms with E-state index in [9.17, 15) is 0 Å². The molecule has 2 aromatic rings. The minimum atomic E-state index is 0.312. The molecule has 0 radical (unpaired) electrons. The molecule has 274 valence electrons. The van der Waals surface area contributed by atoms with Crippen molar-refractivity contribution in [1.82, 2.24) is 0 Å². The first kappa shape index (κ1) is 41.2. The SMILES string of the molecule is CC.CC.CC1=C(/C=C/C(=C/C(C)c2ccccc2)/C=C(\C)C2=CC=CCC=C2)CCC/C1=C/C=C1\C=C(C2=CCCC=C2)SC(c2ccccc2)=C1. The van der Waals surface area contributed by atoms with Crippen LogP contribution >= 0.6 is 11.8 Å². The Kier molecular flexibility index (Phi) is 17.5. The van der Waals surface area contributed by atoms with E-state index in [-0.39, 0.29) is 0 Å². The molecule has 0 N–H and O–H groups in total. The maximum atomic E-state index is 2.41. The average Bonchev–Trinajstić information content (AvgIpc) is 3.52. The van der Waals surface area contributed by atoms with Crippen molar-refractivity contribution in [2.24, 2.45) is 0 Å². The summed E-state index contributed by atoms with van der Waals surface area (Å²) in [7, 11) is 0. The fraction of sp³-hybridized carbons (Fsp3) is 0.269. The highest BCUT2D eigenvalue weighted by Crippen LogP contribution is 2.43. The van der Waals surface area contributed by atoms with Gasteiger partial charge >= 0.3 is 0 Å². The van der Waals surface area contributed by atoms with Gasteiger partial charge < -0.3 is 0 Å². The van der Waals surface area contributed by atoms with E-state index in [1.54, 1.807) is 0 Å². The largest absolute Gasteiger partial charge is 0.0888 e. The van der Waals surface area contributed by atoms with E-state index in [1.165, 1.54) is 71.9 Å². The molecular weight excluding hydrogens is 657 g/mol. The normalized spacial score (nSPS) is 19.8. The summed E-state index contributed by atoms with van der Waals surface area (Å²) < 4.78 is 0. The highest BCUT2D eigenvalue weighted by Gasteiger charge is 2.16. The summed E-state index contributed by atoms with van der Waals surface area (Å²) in [5, 5.41) is 0. The van der Waals surface area contributed by atoms with Gasteiger partial charge in [-0.25, -0.2) is 0 Å². The number of thioether (sulfide) groups is 1. The van der Waals surface area contributed by atoms with Crippen LogP contribution in [0.4, 0.5) is 0 Å². The van der Waals surface area contributed by atoms with Crippen molar-refractivity contribution in [3.8, 4) is 0 Å². The van der Waals surface area contributed by atoms with Gasteiger partial charge in [0.05, 0.1) is 0 Å². The lowest BCUT2D eigenvalue weighted by Crippen LogP contribution is -2.00. The smallest absolute Gasteiger partial charge is 0.0200 e. The standard InChI is InChI=1S/C48H48S.2C2H6/c1-36(41-18-9-4-5-10-19-41)32-39(33-37(2)42-20-11-6-12-21-42)28-30-43-26-17-27-44(38(43)3)31-29-40-34-47(45-22-13-7-14-23-45)49-48(35-40)46-24-15-8-16-25-46;2*1-2/h4,6-7,9-15,18-25,28-35,37H,5,8,16-17,26-27H2,1-3H3;2*1-2H3/b30-28+,36-32+,39-33-,40-29-,44-31-;;. The molecule has 1 atom stereocenters. The molecule has 1 heteroatoms. The molecule has 53 heavy (non-hydrogen) atoms. The van der Waals surface area contributed by atoms with Gasteiger partial charge in [0.1, 0.15) is 0 Å². The van der Waals surface area contributed by atoms with Gasteiger partial charge in [-0.05, 0) is 126 Å². The Labute approximate surface area is 326 Å². The molecule has 1 aliphatic heterocycles. The minimum absolute atomic E-state index is 0.312. The van der Waals surface area contributed by atoms with Crippen LogP contribution in [0.5, 0.6) is 0 Å². The lowest BCUT2D eigenvalue weighted by Gasteiger charge is -2.20. The summed E-state index contributed by atoms with van der Waals surface area (Å²) in [6.45, 7) is 14.8. The first-order valence-corrected chi connectivity index (χ1v) is 20.7. The van der Waals surface area contributed by atoms with E-state index in [1.807, 2.05) is 39.5 Å². The molecule has 0 aromatic heterocycles.